The summed E-state index contributed by atoms with van der Waals surface area (Å²) in [5, 5.41) is 0. The first kappa shape index (κ1) is 13.5. The van der Waals surface area contributed by atoms with E-state index in [-0.39, 0.29) is 6.54 Å². The van der Waals surface area contributed by atoms with Crippen LogP contribution in [0.25, 0.3) is 5.57 Å². The summed E-state index contributed by atoms with van der Waals surface area (Å²) in [5.41, 5.74) is 1.11. The summed E-state index contributed by atoms with van der Waals surface area (Å²) in [4.78, 5) is 17.1. The molecule has 0 fully saturated rings. The molecule has 0 aromatic carbocycles. The Morgan fingerprint density at radius 3 is 2.79 bits per heavy atom. The van der Waals surface area contributed by atoms with Gasteiger partial charge in [0.05, 0.1) is 6.54 Å². The van der Waals surface area contributed by atoms with Gasteiger partial charge in [0.25, 0.3) is 0 Å². The number of halogens is 1. The first-order valence-electron chi connectivity index (χ1n) is 6.07. The molecule has 0 spiro atoms. The highest BCUT2D eigenvalue weighted by atomic mass is 19.1. The maximum Gasteiger partial charge on any atom is 0.410 e. The lowest BCUT2D eigenvalue weighted by atomic mass is 9.98. The van der Waals surface area contributed by atoms with Crippen LogP contribution in [-0.2, 0) is 11.3 Å². The largest absolute Gasteiger partial charge is 0.444 e. The van der Waals surface area contributed by atoms with Crippen LogP contribution in [0.2, 0.25) is 0 Å². The van der Waals surface area contributed by atoms with Crippen molar-refractivity contribution in [1.29, 1.82) is 0 Å². The lowest BCUT2D eigenvalue weighted by Crippen LogP contribution is -2.39. The first-order valence-corrected chi connectivity index (χ1v) is 6.07. The van der Waals surface area contributed by atoms with E-state index in [1.54, 1.807) is 26.8 Å². The Hall–Kier alpha value is -1.91. The number of fused-ring (bicyclic) bond motifs is 1. The van der Waals surface area contributed by atoms with E-state index in [4.69, 9.17) is 4.74 Å². The molecule has 0 atom stereocenters. The zero-order valence-electron chi connectivity index (χ0n) is 11.4. The molecule has 1 aliphatic rings. The van der Waals surface area contributed by atoms with Crippen LogP contribution in [0.3, 0.4) is 0 Å². The summed E-state index contributed by atoms with van der Waals surface area (Å²) in [6.07, 6.45) is 0.969. The van der Waals surface area contributed by atoms with E-state index in [0.717, 1.165) is 0 Å². The molecule has 2 heterocycles. The Balaban J connectivity index is 2.22. The summed E-state index contributed by atoms with van der Waals surface area (Å²) in [6.45, 7) is 9.80. The molecule has 5 heteroatoms. The third-order valence-corrected chi connectivity index (χ3v) is 2.74. The van der Waals surface area contributed by atoms with Gasteiger partial charge in [0.1, 0.15) is 5.60 Å². The summed E-state index contributed by atoms with van der Waals surface area (Å²) in [7, 11) is 0. The molecule has 2 rings (SSSR count). The number of aromatic nitrogens is 1. The van der Waals surface area contributed by atoms with Crippen molar-refractivity contribution in [3.8, 4) is 0 Å². The van der Waals surface area contributed by atoms with Crippen LogP contribution in [0, 0.1) is 5.95 Å². The zero-order chi connectivity index (χ0) is 14.2. The Morgan fingerprint density at radius 1 is 1.47 bits per heavy atom. The molecule has 19 heavy (non-hydrogen) atoms. The van der Waals surface area contributed by atoms with Gasteiger partial charge in [-0.05, 0) is 38.0 Å². The van der Waals surface area contributed by atoms with Gasteiger partial charge in [-0.15, -0.1) is 0 Å². The summed E-state index contributed by atoms with van der Waals surface area (Å²) in [6, 6.07) is 1.69. The SMILES string of the molecule is C=C1CN(C(=O)OC(C)(C)C)Cc2ccnc(F)c21. The average molecular weight is 264 g/mol. The van der Waals surface area contributed by atoms with Gasteiger partial charge in [0, 0.05) is 18.3 Å². The highest BCUT2D eigenvalue weighted by Crippen LogP contribution is 2.28. The Kier molecular flexibility index (Phi) is 3.30. The van der Waals surface area contributed by atoms with E-state index in [2.05, 4.69) is 11.6 Å². The fourth-order valence-corrected chi connectivity index (χ4v) is 2.00. The van der Waals surface area contributed by atoms with E-state index in [1.165, 1.54) is 11.1 Å². The second kappa shape index (κ2) is 4.64. The van der Waals surface area contributed by atoms with Crippen molar-refractivity contribution in [2.45, 2.75) is 32.9 Å². The molecule has 0 bridgehead atoms. The van der Waals surface area contributed by atoms with Crippen molar-refractivity contribution < 1.29 is 13.9 Å². The van der Waals surface area contributed by atoms with Gasteiger partial charge >= 0.3 is 6.09 Å². The minimum absolute atomic E-state index is 0.254. The van der Waals surface area contributed by atoms with Crippen molar-refractivity contribution in [3.05, 3.63) is 35.9 Å². The Labute approximate surface area is 111 Å². The van der Waals surface area contributed by atoms with Crippen molar-refractivity contribution >= 4 is 11.7 Å². The smallest absolute Gasteiger partial charge is 0.410 e. The molecule has 4 nitrogen and oxygen atoms in total. The first-order chi connectivity index (χ1) is 8.78. The molecule has 102 valence electrons. The molecule has 1 aliphatic heterocycles. The lowest BCUT2D eigenvalue weighted by molar-refractivity contribution is 0.0254. The second-order valence-corrected chi connectivity index (χ2v) is 5.58. The number of rotatable bonds is 0. The minimum atomic E-state index is -0.553. The number of nitrogens with zero attached hydrogens (tertiary/aromatic N) is 2. The van der Waals surface area contributed by atoms with Crippen LogP contribution in [0.1, 0.15) is 31.9 Å². The predicted octanol–water partition coefficient (Wildman–Crippen LogP) is 2.98. The van der Waals surface area contributed by atoms with Crippen LogP contribution >= 0.6 is 0 Å². The van der Waals surface area contributed by atoms with E-state index < -0.39 is 17.6 Å². The van der Waals surface area contributed by atoms with E-state index in [1.807, 2.05) is 0 Å². The highest BCUT2D eigenvalue weighted by molar-refractivity contribution is 5.76. The standard InChI is InChI=1S/C14H17FN2O2/c1-9-7-17(13(18)19-14(2,3)4)8-10-5-6-16-12(15)11(9)10/h5-6H,1,7-8H2,2-4H3. The topological polar surface area (TPSA) is 42.4 Å². The van der Waals surface area contributed by atoms with Gasteiger partial charge in [0.2, 0.25) is 5.95 Å². The summed E-state index contributed by atoms with van der Waals surface area (Å²) < 4.78 is 18.9. The number of hydrogen-bond acceptors (Lipinski definition) is 3. The maximum absolute atomic E-state index is 13.6. The van der Waals surface area contributed by atoms with Crippen molar-refractivity contribution in [2.24, 2.45) is 0 Å². The molecule has 0 unspecified atom stereocenters. The van der Waals surface area contributed by atoms with Gasteiger partial charge in [-0.2, -0.15) is 4.39 Å². The van der Waals surface area contributed by atoms with Crippen LogP contribution < -0.4 is 0 Å². The van der Waals surface area contributed by atoms with Gasteiger partial charge < -0.3 is 4.74 Å². The monoisotopic (exact) mass is 264 g/mol. The fourth-order valence-electron chi connectivity index (χ4n) is 2.00. The molecule has 0 aliphatic carbocycles. The molecule has 1 amide bonds. The highest BCUT2D eigenvalue weighted by Gasteiger charge is 2.28. The number of carbonyl (C=O) groups is 1. The van der Waals surface area contributed by atoms with E-state index in [9.17, 15) is 9.18 Å². The van der Waals surface area contributed by atoms with Crippen molar-refractivity contribution in [1.82, 2.24) is 9.88 Å². The maximum atomic E-state index is 13.6. The molecule has 0 N–H and O–H groups in total. The van der Waals surface area contributed by atoms with Gasteiger partial charge in [0.15, 0.2) is 0 Å². The molecule has 0 saturated heterocycles. The molecule has 1 aromatic heterocycles. The van der Waals surface area contributed by atoms with Crippen LogP contribution in [0.4, 0.5) is 9.18 Å². The molecule has 1 aromatic rings. The van der Waals surface area contributed by atoms with Crippen LogP contribution in [-0.4, -0.2) is 28.1 Å². The molecular formula is C14H17FN2O2. The number of pyridine rings is 1. The normalized spacial score (nSPS) is 15.2. The Morgan fingerprint density at radius 2 is 2.16 bits per heavy atom. The second-order valence-electron chi connectivity index (χ2n) is 5.58. The molecular weight excluding hydrogens is 247 g/mol. The zero-order valence-corrected chi connectivity index (χ0v) is 11.4. The number of carbonyl (C=O) groups excluding carboxylic acids is 1. The summed E-state index contributed by atoms with van der Waals surface area (Å²) in [5.74, 6) is -0.536. The van der Waals surface area contributed by atoms with Crippen molar-refractivity contribution in [3.63, 3.8) is 0 Å². The Bertz CT molecular complexity index is 535. The number of ether oxygens (including phenoxy) is 1. The lowest BCUT2D eigenvalue weighted by Gasteiger charge is -2.32. The third-order valence-electron chi connectivity index (χ3n) is 2.74. The molecule has 0 radical (unpaired) electrons. The van der Waals surface area contributed by atoms with Gasteiger partial charge in [-0.1, -0.05) is 6.58 Å². The predicted molar refractivity (Wildman–Crippen MR) is 69.9 cm³/mol. The van der Waals surface area contributed by atoms with Crippen LogP contribution in [0.15, 0.2) is 18.8 Å². The summed E-state index contributed by atoms with van der Waals surface area (Å²) >= 11 is 0. The van der Waals surface area contributed by atoms with E-state index >= 15 is 0 Å². The average Bonchev–Trinajstić information content (AvgIpc) is 2.26. The van der Waals surface area contributed by atoms with Crippen molar-refractivity contribution in [2.75, 3.05) is 6.54 Å². The van der Waals surface area contributed by atoms with Crippen LogP contribution in [0.5, 0.6) is 0 Å². The third kappa shape index (κ3) is 2.92. The molecule has 0 saturated carbocycles. The van der Waals surface area contributed by atoms with Gasteiger partial charge in [-0.25, -0.2) is 9.78 Å². The van der Waals surface area contributed by atoms with Gasteiger partial charge in [-0.3, -0.25) is 4.90 Å². The number of amides is 1. The van der Waals surface area contributed by atoms with E-state index in [0.29, 0.717) is 23.2 Å². The number of hydrogen-bond donors (Lipinski definition) is 0. The quantitative estimate of drug-likeness (QED) is 0.676. The minimum Gasteiger partial charge on any atom is -0.444 e. The fraction of sp³-hybridized carbons (Fsp3) is 0.429.